The lowest BCUT2D eigenvalue weighted by Gasteiger charge is -2.23. The van der Waals surface area contributed by atoms with Gasteiger partial charge in [-0.2, -0.15) is 0 Å². The van der Waals surface area contributed by atoms with Gasteiger partial charge in [0.05, 0.1) is 19.3 Å². The predicted molar refractivity (Wildman–Crippen MR) is 89.7 cm³/mol. The van der Waals surface area contributed by atoms with Gasteiger partial charge in [0, 0.05) is 17.8 Å². The van der Waals surface area contributed by atoms with Crippen LogP contribution in [0, 0.1) is 0 Å². The zero-order chi connectivity index (χ0) is 16.7. The molecule has 126 valence electrons. The smallest absolute Gasteiger partial charge is 0.319 e. The van der Waals surface area contributed by atoms with Crippen molar-refractivity contribution in [2.24, 2.45) is 5.73 Å². The van der Waals surface area contributed by atoms with Gasteiger partial charge in [-0.3, -0.25) is 4.79 Å². The molecule has 1 saturated carbocycles. The van der Waals surface area contributed by atoms with E-state index in [9.17, 15) is 9.59 Å². The summed E-state index contributed by atoms with van der Waals surface area (Å²) in [5.74, 6) is 0.182. The van der Waals surface area contributed by atoms with Crippen molar-refractivity contribution in [3.8, 4) is 5.75 Å². The third kappa shape index (κ3) is 5.14. The van der Waals surface area contributed by atoms with Crippen molar-refractivity contribution in [3.05, 3.63) is 18.2 Å². The Morgan fingerprint density at radius 3 is 2.61 bits per heavy atom. The fourth-order valence-corrected chi connectivity index (χ4v) is 2.67. The van der Waals surface area contributed by atoms with Gasteiger partial charge in [-0.1, -0.05) is 19.3 Å². The molecule has 0 unspecified atom stereocenters. The second-order valence-corrected chi connectivity index (χ2v) is 5.60. The highest BCUT2D eigenvalue weighted by atomic mass is 16.5. The minimum absolute atomic E-state index is 0.0912. The summed E-state index contributed by atoms with van der Waals surface area (Å²) < 4.78 is 5.27. The Balaban J connectivity index is 1.98. The molecule has 1 aromatic rings. The second kappa shape index (κ2) is 8.38. The Morgan fingerprint density at radius 2 is 1.96 bits per heavy atom. The summed E-state index contributed by atoms with van der Waals surface area (Å²) >= 11 is 0. The van der Waals surface area contributed by atoms with E-state index in [0.29, 0.717) is 17.1 Å². The Bertz CT molecular complexity index is 556. The maximum atomic E-state index is 12.1. The Kier molecular flexibility index (Phi) is 6.22. The SMILES string of the molecule is COc1cc(NC(=O)CN)ccc1NC(=O)NC1CCCCC1. The lowest BCUT2D eigenvalue weighted by molar-refractivity contribution is -0.114. The molecule has 0 bridgehead atoms. The van der Waals surface area contributed by atoms with Crippen molar-refractivity contribution in [3.63, 3.8) is 0 Å². The van der Waals surface area contributed by atoms with Gasteiger partial charge >= 0.3 is 6.03 Å². The van der Waals surface area contributed by atoms with Crippen LogP contribution in [0.15, 0.2) is 18.2 Å². The summed E-state index contributed by atoms with van der Waals surface area (Å²) in [4.78, 5) is 23.4. The Morgan fingerprint density at radius 1 is 1.22 bits per heavy atom. The molecule has 0 saturated heterocycles. The van der Waals surface area contributed by atoms with Crippen LogP contribution in [-0.4, -0.2) is 31.6 Å². The maximum Gasteiger partial charge on any atom is 0.319 e. The molecule has 0 atom stereocenters. The van der Waals surface area contributed by atoms with Crippen LogP contribution in [0.5, 0.6) is 5.75 Å². The molecule has 23 heavy (non-hydrogen) atoms. The highest BCUT2D eigenvalue weighted by Gasteiger charge is 2.16. The number of anilines is 2. The Labute approximate surface area is 136 Å². The van der Waals surface area contributed by atoms with Gasteiger partial charge in [-0.15, -0.1) is 0 Å². The average Bonchev–Trinajstić information content (AvgIpc) is 2.56. The van der Waals surface area contributed by atoms with Gasteiger partial charge in [0.15, 0.2) is 0 Å². The minimum atomic E-state index is -0.289. The standard InChI is InChI=1S/C16H24N4O3/c1-23-14-9-12(18-15(21)10-17)7-8-13(14)20-16(22)19-11-5-3-2-4-6-11/h7-9,11H,2-6,10,17H2,1H3,(H,18,21)(H2,19,20,22). The molecule has 0 spiro atoms. The molecule has 7 nitrogen and oxygen atoms in total. The van der Waals surface area contributed by atoms with Crippen LogP contribution in [0.25, 0.3) is 0 Å². The number of benzene rings is 1. The summed E-state index contributed by atoms with van der Waals surface area (Å²) in [7, 11) is 1.51. The summed E-state index contributed by atoms with van der Waals surface area (Å²) in [5, 5.41) is 8.41. The molecule has 2 rings (SSSR count). The molecule has 0 heterocycles. The van der Waals surface area contributed by atoms with E-state index in [0.717, 1.165) is 25.7 Å². The largest absolute Gasteiger partial charge is 0.494 e. The lowest BCUT2D eigenvalue weighted by atomic mass is 9.96. The van der Waals surface area contributed by atoms with Crippen LogP contribution >= 0.6 is 0 Å². The van der Waals surface area contributed by atoms with Crippen LogP contribution in [0.4, 0.5) is 16.2 Å². The molecule has 0 aliphatic heterocycles. The summed E-state index contributed by atoms with van der Waals surface area (Å²) in [6.45, 7) is -0.0912. The Hall–Kier alpha value is -2.28. The third-order valence-electron chi connectivity index (χ3n) is 3.86. The van der Waals surface area contributed by atoms with Crippen LogP contribution < -0.4 is 26.4 Å². The van der Waals surface area contributed by atoms with Crippen LogP contribution in [0.3, 0.4) is 0 Å². The number of ether oxygens (including phenoxy) is 1. The number of hydrogen-bond donors (Lipinski definition) is 4. The first-order valence-electron chi connectivity index (χ1n) is 7.88. The first kappa shape index (κ1) is 17.1. The van der Waals surface area contributed by atoms with E-state index in [1.807, 2.05) is 0 Å². The molecular weight excluding hydrogens is 296 g/mol. The monoisotopic (exact) mass is 320 g/mol. The molecule has 7 heteroatoms. The third-order valence-corrected chi connectivity index (χ3v) is 3.86. The van der Waals surface area contributed by atoms with Gasteiger partial charge in [-0.25, -0.2) is 4.79 Å². The van der Waals surface area contributed by atoms with Crippen molar-refractivity contribution in [1.29, 1.82) is 0 Å². The topological polar surface area (TPSA) is 105 Å². The number of amides is 3. The summed E-state index contributed by atoms with van der Waals surface area (Å²) in [6.07, 6.45) is 5.60. The molecule has 1 aliphatic rings. The highest BCUT2D eigenvalue weighted by molar-refractivity contribution is 5.94. The number of nitrogens with two attached hydrogens (primary N) is 1. The fraction of sp³-hybridized carbons (Fsp3) is 0.500. The van der Waals surface area contributed by atoms with Crippen molar-refractivity contribution in [2.75, 3.05) is 24.3 Å². The molecule has 0 radical (unpaired) electrons. The van der Waals surface area contributed by atoms with E-state index < -0.39 is 0 Å². The normalized spacial score (nSPS) is 14.9. The quantitative estimate of drug-likeness (QED) is 0.666. The zero-order valence-electron chi connectivity index (χ0n) is 13.4. The number of nitrogens with one attached hydrogen (secondary N) is 3. The molecular formula is C16H24N4O3. The van der Waals surface area contributed by atoms with Gasteiger partial charge in [0.25, 0.3) is 0 Å². The highest BCUT2D eigenvalue weighted by Crippen LogP contribution is 2.28. The van der Waals surface area contributed by atoms with Crippen LogP contribution in [-0.2, 0) is 4.79 Å². The van der Waals surface area contributed by atoms with Gasteiger partial charge in [0.2, 0.25) is 5.91 Å². The van der Waals surface area contributed by atoms with Crippen molar-refractivity contribution < 1.29 is 14.3 Å². The molecule has 0 aromatic heterocycles. The molecule has 5 N–H and O–H groups in total. The number of urea groups is 1. The summed E-state index contributed by atoms with van der Waals surface area (Å²) in [6, 6.07) is 5.01. The van der Waals surface area contributed by atoms with Crippen LogP contribution in [0.2, 0.25) is 0 Å². The van der Waals surface area contributed by atoms with Gasteiger partial charge < -0.3 is 26.4 Å². The summed E-state index contributed by atoms with van der Waals surface area (Å²) in [5.41, 5.74) is 6.38. The molecule has 3 amide bonds. The number of hydrogen-bond acceptors (Lipinski definition) is 4. The number of carbonyl (C=O) groups excluding carboxylic acids is 2. The number of carbonyl (C=O) groups is 2. The first-order valence-corrected chi connectivity index (χ1v) is 7.88. The maximum absolute atomic E-state index is 12.1. The van der Waals surface area contributed by atoms with Crippen molar-refractivity contribution in [2.45, 2.75) is 38.1 Å². The van der Waals surface area contributed by atoms with E-state index in [2.05, 4.69) is 16.0 Å². The number of rotatable bonds is 5. The number of methoxy groups -OCH3 is 1. The van der Waals surface area contributed by atoms with Gasteiger partial charge in [-0.05, 0) is 25.0 Å². The first-order chi connectivity index (χ1) is 11.1. The predicted octanol–water partition coefficient (Wildman–Crippen LogP) is 2.05. The van der Waals surface area contributed by atoms with Crippen molar-refractivity contribution >= 4 is 23.3 Å². The van der Waals surface area contributed by atoms with E-state index in [-0.39, 0.29) is 24.5 Å². The zero-order valence-corrected chi connectivity index (χ0v) is 13.4. The minimum Gasteiger partial charge on any atom is -0.494 e. The van der Waals surface area contributed by atoms with Crippen LogP contribution in [0.1, 0.15) is 32.1 Å². The second-order valence-electron chi connectivity index (χ2n) is 5.60. The lowest BCUT2D eigenvalue weighted by Crippen LogP contribution is -2.39. The average molecular weight is 320 g/mol. The van der Waals surface area contributed by atoms with E-state index >= 15 is 0 Å². The van der Waals surface area contributed by atoms with E-state index in [1.54, 1.807) is 18.2 Å². The van der Waals surface area contributed by atoms with E-state index in [4.69, 9.17) is 10.5 Å². The van der Waals surface area contributed by atoms with Crippen molar-refractivity contribution in [1.82, 2.24) is 5.32 Å². The van der Waals surface area contributed by atoms with E-state index in [1.165, 1.54) is 13.5 Å². The molecule has 1 aliphatic carbocycles. The molecule has 1 fully saturated rings. The van der Waals surface area contributed by atoms with Gasteiger partial charge in [0.1, 0.15) is 5.75 Å². The fourth-order valence-electron chi connectivity index (χ4n) is 2.67. The molecule has 1 aromatic carbocycles.